The minimum atomic E-state index is -0.356. The van der Waals surface area contributed by atoms with Gasteiger partial charge in [-0.1, -0.05) is 35.2 Å². The zero-order valence-corrected chi connectivity index (χ0v) is 9.22. The lowest BCUT2D eigenvalue weighted by molar-refractivity contribution is -0.120. The van der Waals surface area contributed by atoms with Crippen LogP contribution in [-0.2, 0) is 4.79 Å². The van der Waals surface area contributed by atoms with Gasteiger partial charge in [0.25, 0.3) is 0 Å². The van der Waals surface area contributed by atoms with Gasteiger partial charge in [0.1, 0.15) is 0 Å². The third-order valence-electron chi connectivity index (χ3n) is 2.45. The third-order valence-corrected chi connectivity index (χ3v) is 2.96. The van der Waals surface area contributed by atoms with Crippen molar-refractivity contribution in [3.63, 3.8) is 0 Å². The van der Waals surface area contributed by atoms with Gasteiger partial charge in [0.15, 0.2) is 0 Å². The molecule has 1 rings (SSSR count). The molecule has 2 atom stereocenters. The van der Waals surface area contributed by atoms with Gasteiger partial charge in [0.05, 0.1) is 17.5 Å². The van der Waals surface area contributed by atoms with Crippen molar-refractivity contribution < 1.29 is 9.90 Å². The second-order valence-corrected chi connectivity index (χ2v) is 4.07. The summed E-state index contributed by atoms with van der Waals surface area (Å²) >= 11 is 3.09. The Morgan fingerprint density at radius 1 is 1.38 bits per heavy atom. The Balaban J connectivity index is 2.40. The molecule has 2 N–H and O–H groups in total. The van der Waals surface area contributed by atoms with Crippen LogP contribution in [0.5, 0.6) is 0 Å². The summed E-state index contributed by atoms with van der Waals surface area (Å²) in [7, 11) is 0. The summed E-state index contributed by atoms with van der Waals surface area (Å²) in [6, 6.07) is -0.0347. The van der Waals surface area contributed by atoms with Gasteiger partial charge in [0, 0.05) is 0 Å². The highest BCUT2D eigenvalue weighted by atomic mass is 79.9. The molecule has 1 amide bonds. The van der Waals surface area contributed by atoms with E-state index in [1.807, 2.05) is 0 Å². The molecule has 1 fully saturated rings. The van der Waals surface area contributed by atoms with Crippen molar-refractivity contribution in [2.45, 2.75) is 44.2 Å². The molecule has 0 aromatic heterocycles. The zero-order valence-electron chi connectivity index (χ0n) is 7.63. The lowest BCUT2D eigenvalue weighted by Crippen LogP contribution is -2.43. The summed E-state index contributed by atoms with van der Waals surface area (Å²) in [5, 5.41) is 12.8. The number of nitrogens with one attached hydrogen (secondary N) is 1. The summed E-state index contributed by atoms with van der Waals surface area (Å²) in [5.41, 5.74) is 0. The lowest BCUT2D eigenvalue weighted by Gasteiger charge is -2.21. The maximum absolute atomic E-state index is 11.1. The van der Waals surface area contributed by atoms with Crippen molar-refractivity contribution in [3.05, 3.63) is 0 Å². The largest absolute Gasteiger partial charge is 0.391 e. The SMILES string of the molecule is O=C(CBr)NC1CCCCCC1O. The topological polar surface area (TPSA) is 49.3 Å². The van der Waals surface area contributed by atoms with E-state index < -0.39 is 0 Å². The lowest BCUT2D eigenvalue weighted by atomic mass is 10.1. The van der Waals surface area contributed by atoms with Crippen molar-refractivity contribution in [3.8, 4) is 0 Å². The van der Waals surface area contributed by atoms with Crippen LogP contribution in [0.25, 0.3) is 0 Å². The molecule has 0 bridgehead atoms. The Labute approximate surface area is 87.0 Å². The van der Waals surface area contributed by atoms with E-state index in [0.717, 1.165) is 32.1 Å². The number of alkyl halides is 1. The summed E-state index contributed by atoms with van der Waals surface area (Å²) in [5.74, 6) is -0.0362. The standard InChI is InChI=1S/C9H16BrNO2/c10-6-9(13)11-7-4-2-1-3-5-8(7)12/h7-8,12H,1-6H2,(H,11,13). The predicted molar refractivity (Wildman–Crippen MR) is 54.8 cm³/mol. The van der Waals surface area contributed by atoms with Crippen LogP contribution in [0.1, 0.15) is 32.1 Å². The van der Waals surface area contributed by atoms with Gasteiger partial charge in [-0.25, -0.2) is 0 Å². The number of halogens is 1. The van der Waals surface area contributed by atoms with E-state index in [9.17, 15) is 9.90 Å². The smallest absolute Gasteiger partial charge is 0.230 e. The van der Waals surface area contributed by atoms with Crippen molar-refractivity contribution >= 4 is 21.8 Å². The number of carbonyl (C=O) groups is 1. The second-order valence-electron chi connectivity index (χ2n) is 3.51. The van der Waals surface area contributed by atoms with E-state index >= 15 is 0 Å². The van der Waals surface area contributed by atoms with Crippen molar-refractivity contribution in [2.75, 3.05) is 5.33 Å². The molecule has 3 nitrogen and oxygen atoms in total. The van der Waals surface area contributed by atoms with Gasteiger partial charge in [-0.15, -0.1) is 0 Å². The fourth-order valence-corrected chi connectivity index (χ4v) is 1.86. The van der Waals surface area contributed by atoms with E-state index in [1.165, 1.54) is 0 Å². The fraction of sp³-hybridized carbons (Fsp3) is 0.889. The fourth-order valence-electron chi connectivity index (χ4n) is 1.70. The van der Waals surface area contributed by atoms with E-state index in [2.05, 4.69) is 21.2 Å². The summed E-state index contributed by atoms with van der Waals surface area (Å²) in [4.78, 5) is 11.1. The highest BCUT2D eigenvalue weighted by Crippen LogP contribution is 2.17. The Kier molecular flexibility index (Phi) is 4.73. The molecule has 0 aromatic rings. The molecule has 4 heteroatoms. The molecule has 0 radical (unpaired) electrons. The quantitative estimate of drug-likeness (QED) is 0.571. The molecule has 76 valence electrons. The van der Waals surface area contributed by atoms with Crippen molar-refractivity contribution in [2.24, 2.45) is 0 Å². The molecule has 0 spiro atoms. The van der Waals surface area contributed by atoms with Crippen LogP contribution in [0.4, 0.5) is 0 Å². The number of aliphatic hydroxyl groups is 1. The van der Waals surface area contributed by atoms with E-state index in [0.29, 0.717) is 5.33 Å². The Hall–Kier alpha value is -0.0900. The van der Waals surface area contributed by atoms with Crippen LogP contribution in [0.3, 0.4) is 0 Å². The number of rotatable bonds is 2. The van der Waals surface area contributed by atoms with E-state index in [4.69, 9.17) is 0 Å². The van der Waals surface area contributed by atoms with Crippen LogP contribution in [0.2, 0.25) is 0 Å². The number of amides is 1. The monoisotopic (exact) mass is 249 g/mol. The third kappa shape index (κ3) is 3.65. The van der Waals surface area contributed by atoms with Crippen molar-refractivity contribution in [1.29, 1.82) is 0 Å². The first-order chi connectivity index (χ1) is 6.24. The summed E-state index contributed by atoms with van der Waals surface area (Å²) in [6.07, 6.45) is 4.70. The average Bonchev–Trinajstić information content (AvgIpc) is 2.32. The molecule has 13 heavy (non-hydrogen) atoms. The van der Waals surface area contributed by atoms with E-state index in [1.54, 1.807) is 0 Å². The maximum Gasteiger partial charge on any atom is 0.230 e. The predicted octanol–water partition coefficient (Wildman–Crippen LogP) is 1.19. The van der Waals surface area contributed by atoms with Crippen LogP contribution in [0, 0.1) is 0 Å². The van der Waals surface area contributed by atoms with Crippen LogP contribution in [-0.4, -0.2) is 28.5 Å². The minimum absolute atomic E-state index is 0.0347. The average molecular weight is 250 g/mol. The van der Waals surface area contributed by atoms with Gasteiger partial charge in [-0.3, -0.25) is 4.79 Å². The summed E-state index contributed by atoms with van der Waals surface area (Å²) in [6.45, 7) is 0. The molecule has 1 aliphatic carbocycles. The van der Waals surface area contributed by atoms with Gasteiger partial charge >= 0.3 is 0 Å². The van der Waals surface area contributed by atoms with Crippen molar-refractivity contribution in [1.82, 2.24) is 5.32 Å². The Morgan fingerprint density at radius 3 is 2.77 bits per heavy atom. The Bertz CT molecular complexity index is 175. The number of carbonyl (C=O) groups excluding carboxylic acids is 1. The first-order valence-electron chi connectivity index (χ1n) is 4.77. The molecule has 1 aliphatic rings. The minimum Gasteiger partial charge on any atom is -0.391 e. The molecular formula is C9H16BrNO2. The van der Waals surface area contributed by atoms with Gasteiger partial charge < -0.3 is 10.4 Å². The highest BCUT2D eigenvalue weighted by molar-refractivity contribution is 9.09. The van der Waals surface area contributed by atoms with Gasteiger partial charge in [0.2, 0.25) is 5.91 Å². The normalized spacial score (nSPS) is 29.4. The molecule has 2 unspecified atom stereocenters. The molecule has 0 aromatic carbocycles. The Morgan fingerprint density at radius 2 is 2.08 bits per heavy atom. The second kappa shape index (κ2) is 5.60. The van der Waals surface area contributed by atoms with Gasteiger partial charge in [-0.05, 0) is 12.8 Å². The number of hydrogen-bond acceptors (Lipinski definition) is 2. The van der Waals surface area contributed by atoms with Crippen LogP contribution < -0.4 is 5.32 Å². The molecule has 0 heterocycles. The first kappa shape index (κ1) is 11.0. The number of aliphatic hydroxyl groups excluding tert-OH is 1. The van der Waals surface area contributed by atoms with E-state index in [-0.39, 0.29) is 18.1 Å². The molecule has 0 saturated heterocycles. The first-order valence-corrected chi connectivity index (χ1v) is 5.89. The highest BCUT2D eigenvalue weighted by Gasteiger charge is 2.22. The van der Waals surface area contributed by atoms with Gasteiger partial charge in [-0.2, -0.15) is 0 Å². The van der Waals surface area contributed by atoms with Crippen LogP contribution >= 0.6 is 15.9 Å². The number of hydrogen-bond donors (Lipinski definition) is 2. The molecule has 0 aliphatic heterocycles. The summed E-state index contributed by atoms with van der Waals surface area (Å²) < 4.78 is 0. The zero-order chi connectivity index (χ0) is 9.68. The molecular weight excluding hydrogens is 234 g/mol. The maximum atomic E-state index is 11.1. The molecule has 1 saturated carbocycles. The van der Waals surface area contributed by atoms with Crippen LogP contribution in [0.15, 0.2) is 0 Å².